The van der Waals surface area contributed by atoms with Crippen molar-refractivity contribution in [2.75, 3.05) is 0 Å². The monoisotopic (exact) mass is 406 g/mol. The highest BCUT2D eigenvalue weighted by molar-refractivity contribution is 9.10. The molecule has 1 heterocycles. The van der Waals surface area contributed by atoms with Crippen LogP contribution in [0, 0.1) is 0 Å². The second-order valence-electron chi connectivity index (χ2n) is 5.69. The van der Waals surface area contributed by atoms with E-state index in [4.69, 9.17) is 0 Å². The van der Waals surface area contributed by atoms with E-state index >= 15 is 0 Å². The number of halogens is 1. The lowest BCUT2D eigenvalue weighted by Crippen LogP contribution is -1.90. The van der Waals surface area contributed by atoms with Gasteiger partial charge in [-0.2, -0.15) is 0 Å². The van der Waals surface area contributed by atoms with Gasteiger partial charge in [0.2, 0.25) is 0 Å². The second-order valence-corrected chi connectivity index (χ2v) is 7.60. The van der Waals surface area contributed by atoms with Crippen LogP contribution in [-0.4, -0.2) is 10.2 Å². The molecule has 0 unspecified atom stereocenters. The van der Waals surface area contributed by atoms with Crippen LogP contribution in [0.4, 0.5) is 0 Å². The SMILES string of the molecule is Brc1ccc(-c2ccc(SCc3cccc4ccccc34)nn2)cc1. The Labute approximate surface area is 159 Å². The standard InChI is InChI=1S/C21H15BrN2S/c22-18-10-8-16(9-11-18)20-12-13-21(24-23-20)25-14-17-6-3-5-15-4-1-2-7-19(15)17/h1-13H,14H2. The van der Waals surface area contributed by atoms with Gasteiger partial charge in [-0.15, -0.1) is 10.2 Å². The zero-order valence-electron chi connectivity index (χ0n) is 13.4. The average Bonchev–Trinajstić information content (AvgIpc) is 2.67. The molecule has 0 atom stereocenters. The molecule has 122 valence electrons. The summed E-state index contributed by atoms with van der Waals surface area (Å²) in [6.45, 7) is 0. The van der Waals surface area contributed by atoms with Gasteiger partial charge in [0, 0.05) is 15.8 Å². The molecule has 0 saturated heterocycles. The largest absolute Gasteiger partial charge is 0.149 e. The summed E-state index contributed by atoms with van der Waals surface area (Å²) in [6, 6.07) is 27.1. The Morgan fingerprint density at radius 3 is 2.36 bits per heavy atom. The van der Waals surface area contributed by atoms with E-state index in [0.717, 1.165) is 26.5 Å². The third-order valence-electron chi connectivity index (χ3n) is 4.04. The Morgan fingerprint density at radius 2 is 1.56 bits per heavy atom. The minimum Gasteiger partial charge on any atom is -0.149 e. The summed E-state index contributed by atoms with van der Waals surface area (Å²) in [5.74, 6) is 0.883. The Morgan fingerprint density at radius 1 is 0.760 bits per heavy atom. The minimum atomic E-state index is 0.883. The van der Waals surface area contributed by atoms with E-state index in [9.17, 15) is 0 Å². The molecule has 4 rings (SSSR count). The maximum Gasteiger partial charge on any atom is 0.119 e. The third kappa shape index (κ3) is 3.75. The van der Waals surface area contributed by atoms with Crippen LogP contribution in [0.2, 0.25) is 0 Å². The van der Waals surface area contributed by atoms with Crippen LogP contribution in [-0.2, 0) is 5.75 Å². The van der Waals surface area contributed by atoms with Gasteiger partial charge >= 0.3 is 0 Å². The zero-order chi connectivity index (χ0) is 17.1. The van der Waals surface area contributed by atoms with Gasteiger partial charge in [-0.25, -0.2) is 0 Å². The molecular formula is C21H15BrN2S. The van der Waals surface area contributed by atoms with Crippen molar-refractivity contribution in [2.45, 2.75) is 10.8 Å². The summed E-state index contributed by atoms with van der Waals surface area (Å²) >= 11 is 5.16. The number of aromatic nitrogens is 2. The molecule has 0 bridgehead atoms. The summed E-state index contributed by atoms with van der Waals surface area (Å²) in [7, 11) is 0. The topological polar surface area (TPSA) is 25.8 Å². The fourth-order valence-corrected chi connectivity index (χ4v) is 3.82. The van der Waals surface area contributed by atoms with Crippen LogP contribution in [0.1, 0.15) is 5.56 Å². The number of fused-ring (bicyclic) bond motifs is 1. The average molecular weight is 407 g/mol. The molecule has 0 aliphatic rings. The highest BCUT2D eigenvalue weighted by Crippen LogP contribution is 2.27. The molecule has 0 spiro atoms. The Balaban J connectivity index is 1.50. The third-order valence-corrected chi connectivity index (χ3v) is 5.53. The van der Waals surface area contributed by atoms with E-state index in [1.54, 1.807) is 11.8 Å². The van der Waals surface area contributed by atoms with E-state index in [-0.39, 0.29) is 0 Å². The van der Waals surface area contributed by atoms with Gasteiger partial charge in [-0.1, -0.05) is 82.3 Å². The lowest BCUT2D eigenvalue weighted by molar-refractivity contribution is 0.935. The molecular weight excluding hydrogens is 392 g/mol. The van der Waals surface area contributed by atoms with Crippen molar-refractivity contribution in [2.24, 2.45) is 0 Å². The number of hydrogen-bond donors (Lipinski definition) is 0. The molecule has 0 aliphatic carbocycles. The number of thioether (sulfide) groups is 1. The van der Waals surface area contributed by atoms with Crippen LogP contribution >= 0.6 is 27.7 Å². The summed E-state index contributed by atoms with van der Waals surface area (Å²) in [4.78, 5) is 0. The fraction of sp³-hybridized carbons (Fsp3) is 0.0476. The molecule has 3 aromatic carbocycles. The van der Waals surface area contributed by atoms with Gasteiger partial charge in [-0.3, -0.25) is 0 Å². The zero-order valence-corrected chi connectivity index (χ0v) is 15.8. The number of rotatable bonds is 4. The lowest BCUT2D eigenvalue weighted by Gasteiger charge is -2.06. The van der Waals surface area contributed by atoms with Gasteiger partial charge < -0.3 is 0 Å². The van der Waals surface area contributed by atoms with Crippen molar-refractivity contribution in [1.29, 1.82) is 0 Å². The summed E-state index contributed by atoms with van der Waals surface area (Å²) < 4.78 is 1.06. The van der Waals surface area contributed by atoms with Gasteiger partial charge in [0.15, 0.2) is 0 Å². The summed E-state index contributed by atoms with van der Waals surface area (Å²) in [6.07, 6.45) is 0. The van der Waals surface area contributed by atoms with Crippen LogP contribution in [0.25, 0.3) is 22.0 Å². The molecule has 4 aromatic rings. The summed E-state index contributed by atoms with van der Waals surface area (Å²) in [5.41, 5.74) is 3.28. The predicted octanol–water partition coefficient (Wildman–Crippen LogP) is 6.35. The Bertz CT molecular complexity index is 993. The first kappa shape index (κ1) is 16.3. The minimum absolute atomic E-state index is 0.883. The predicted molar refractivity (Wildman–Crippen MR) is 109 cm³/mol. The molecule has 2 nitrogen and oxygen atoms in total. The molecule has 0 radical (unpaired) electrons. The Hall–Kier alpha value is -2.17. The van der Waals surface area contributed by atoms with Crippen LogP contribution in [0.3, 0.4) is 0 Å². The number of benzene rings is 3. The molecule has 0 amide bonds. The molecule has 0 saturated carbocycles. The normalized spacial score (nSPS) is 10.9. The molecule has 0 N–H and O–H groups in total. The van der Waals surface area contributed by atoms with Crippen molar-refractivity contribution in [1.82, 2.24) is 10.2 Å². The Kier molecular flexibility index (Phi) is 4.81. The molecule has 4 heteroatoms. The van der Waals surface area contributed by atoms with E-state index in [1.807, 2.05) is 36.4 Å². The first-order chi connectivity index (χ1) is 12.3. The highest BCUT2D eigenvalue weighted by Gasteiger charge is 2.04. The molecule has 0 aliphatic heterocycles. The van der Waals surface area contributed by atoms with Crippen LogP contribution < -0.4 is 0 Å². The van der Waals surface area contributed by atoms with Crippen molar-refractivity contribution in [3.63, 3.8) is 0 Å². The quantitative estimate of drug-likeness (QED) is 0.369. The smallest absolute Gasteiger partial charge is 0.119 e. The van der Waals surface area contributed by atoms with E-state index in [1.165, 1.54) is 16.3 Å². The van der Waals surface area contributed by atoms with E-state index in [0.29, 0.717) is 0 Å². The molecule has 0 fully saturated rings. The van der Waals surface area contributed by atoms with Crippen LogP contribution in [0.5, 0.6) is 0 Å². The van der Waals surface area contributed by atoms with Crippen molar-refractivity contribution >= 4 is 38.5 Å². The van der Waals surface area contributed by atoms with E-state index in [2.05, 4.69) is 68.6 Å². The van der Waals surface area contributed by atoms with Gasteiger partial charge in [-0.05, 0) is 40.6 Å². The van der Waals surface area contributed by atoms with E-state index < -0.39 is 0 Å². The number of hydrogen-bond acceptors (Lipinski definition) is 3. The van der Waals surface area contributed by atoms with Crippen LogP contribution in [0.15, 0.2) is 88.4 Å². The van der Waals surface area contributed by atoms with Crippen molar-refractivity contribution in [3.8, 4) is 11.3 Å². The van der Waals surface area contributed by atoms with Crippen molar-refractivity contribution in [3.05, 3.63) is 88.9 Å². The summed E-state index contributed by atoms with van der Waals surface area (Å²) in [5, 5.41) is 12.3. The van der Waals surface area contributed by atoms with Gasteiger partial charge in [0.1, 0.15) is 5.03 Å². The van der Waals surface area contributed by atoms with Gasteiger partial charge in [0.25, 0.3) is 0 Å². The highest BCUT2D eigenvalue weighted by atomic mass is 79.9. The second kappa shape index (κ2) is 7.38. The lowest BCUT2D eigenvalue weighted by atomic mass is 10.1. The first-order valence-corrected chi connectivity index (χ1v) is 9.76. The fourth-order valence-electron chi connectivity index (χ4n) is 2.74. The first-order valence-electron chi connectivity index (χ1n) is 7.99. The van der Waals surface area contributed by atoms with Crippen molar-refractivity contribution < 1.29 is 0 Å². The molecule has 25 heavy (non-hydrogen) atoms. The number of nitrogens with zero attached hydrogens (tertiary/aromatic N) is 2. The maximum atomic E-state index is 4.37. The molecule has 1 aromatic heterocycles. The maximum absolute atomic E-state index is 4.37. The van der Waals surface area contributed by atoms with Gasteiger partial charge in [0.05, 0.1) is 5.69 Å².